The third-order valence-corrected chi connectivity index (χ3v) is 4.48. The van der Waals surface area contributed by atoms with Crippen molar-refractivity contribution in [3.05, 3.63) is 22.5 Å². The number of hydrogen-bond donors (Lipinski definition) is 1. The molecule has 1 aromatic heterocycles. The Labute approximate surface area is 141 Å². The molecule has 0 bridgehead atoms. The Kier molecular flexibility index (Phi) is 5.31. The highest BCUT2D eigenvalue weighted by molar-refractivity contribution is 6.04. The van der Waals surface area contributed by atoms with Gasteiger partial charge < -0.3 is 19.5 Å². The summed E-state index contributed by atoms with van der Waals surface area (Å²) in [5.74, 6) is -0.631. The molecular formula is C17H25N3O4. The lowest BCUT2D eigenvalue weighted by Crippen LogP contribution is -2.44. The summed E-state index contributed by atoms with van der Waals surface area (Å²) in [5, 5.41) is 2.75. The number of nitrogens with zero attached hydrogens (tertiary/aromatic N) is 2. The first-order chi connectivity index (χ1) is 11.3. The van der Waals surface area contributed by atoms with E-state index in [1.165, 1.54) is 7.11 Å². The number of aromatic nitrogens is 1. The first-order valence-electron chi connectivity index (χ1n) is 8.15. The van der Waals surface area contributed by atoms with E-state index in [2.05, 4.69) is 5.32 Å². The molecule has 0 unspecified atom stereocenters. The molecule has 1 aromatic rings. The molecule has 7 heteroatoms. The average molecular weight is 335 g/mol. The quantitative estimate of drug-likeness (QED) is 0.635. The lowest BCUT2D eigenvalue weighted by molar-refractivity contribution is 0.0588. The number of rotatable bonds is 6. The minimum Gasteiger partial charge on any atom is -0.464 e. The second-order valence-electron chi connectivity index (χ2n) is 6.10. The lowest BCUT2D eigenvalue weighted by Gasteiger charge is -2.22. The summed E-state index contributed by atoms with van der Waals surface area (Å²) in [5.41, 5.74) is 2.16. The van der Waals surface area contributed by atoms with Crippen LogP contribution >= 0.6 is 0 Å². The number of ether oxygens (including phenoxy) is 1. The van der Waals surface area contributed by atoms with Crippen LogP contribution in [0.3, 0.4) is 0 Å². The highest BCUT2D eigenvalue weighted by Crippen LogP contribution is 2.28. The number of amides is 2. The van der Waals surface area contributed by atoms with E-state index in [1.807, 2.05) is 6.92 Å². The Balaban J connectivity index is 2.29. The zero-order valence-corrected chi connectivity index (χ0v) is 14.9. The Bertz CT molecular complexity index is 674. The van der Waals surface area contributed by atoms with Crippen molar-refractivity contribution in [2.75, 3.05) is 20.2 Å². The van der Waals surface area contributed by atoms with Crippen molar-refractivity contribution in [2.45, 2.75) is 39.7 Å². The van der Waals surface area contributed by atoms with E-state index in [9.17, 15) is 14.4 Å². The van der Waals surface area contributed by atoms with Gasteiger partial charge in [-0.15, -0.1) is 0 Å². The van der Waals surface area contributed by atoms with Gasteiger partial charge in [0.2, 0.25) is 0 Å². The molecule has 2 rings (SSSR count). The van der Waals surface area contributed by atoms with Crippen LogP contribution in [-0.2, 0) is 11.8 Å². The molecule has 1 N–H and O–H groups in total. The first kappa shape index (κ1) is 18.0. The predicted molar refractivity (Wildman–Crippen MR) is 89.4 cm³/mol. The van der Waals surface area contributed by atoms with Crippen LogP contribution in [0.25, 0.3) is 0 Å². The van der Waals surface area contributed by atoms with Crippen LogP contribution in [0.15, 0.2) is 0 Å². The number of hydrogen-bond acceptors (Lipinski definition) is 4. The molecule has 0 atom stereocenters. The summed E-state index contributed by atoms with van der Waals surface area (Å²) in [6.07, 6.45) is 1.84. The van der Waals surface area contributed by atoms with E-state index >= 15 is 0 Å². The van der Waals surface area contributed by atoms with Gasteiger partial charge in [-0.25, -0.2) is 9.59 Å². The topological polar surface area (TPSA) is 80.6 Å². The molecule has 1 heterocycles. The van der Waals surface area contributed by atoms with Crippen LogP contribution in [0.2, 0.25) is 0 Å². The maximum absolute atomic E-state index is 12.8. The fourth-order valence-corrected chi connectivity index (χ4v) is 3.01. The van der Waals surface area contributed by atoms with Gasteiger partial charge in [-0.1, -0.05) is 0 Å². The number of carbonyl (C=O) groups excluding carboxylic acids is 3. The van der Waals surface area contributed by atoms with Crippen LogP contribution in [-0.4, -0.2) is 53.5 Å². The van der Waals surface area contributed by atoms with Crippen molar-refractivity contribution in [3.63, 3.8) is 0 Å². The molecule has 1 saturated carbocycles. The van der Waals surface area contributed by atoms with Crippen molar-refractivity contribution < 1.29 is 19.1 Å². The molecule has 1 aliphatic rings. The van der Waals surface area contributed by atoms with Gasteiger partial charge in [-0.3, -0.25) is 4.79 Å². The number of Topliss-reactive ketones (excluding diaryl/α,β-unsaturated/α-hetero) is 1. The Morgan fingerprint density at radius 3 is 2.42 bits per heavy atom. The number of ketones is 1. The summed E-state index contributed by atoms with van der Waals surface area (Å²) >= 11 is 0. The van der Waals surface area contributed by atoms with E-state index in [-0.39, 0.29) is 24.4 Å². The highest BCUT2D eigenvalue weighted by Gasteiger charge is 2.35. The van der Waals surface area contributed by atoms with Crippen LogP contribution < -0.4 is 5.32 Å². The molecule has 0 saturated heterocycles. The minimum absolute atomic E-state index is 0.0167. The maximum Gasteiger partial charge on any atom is 0.354 e. The summed E-state index contributed by atoms with van der Waals surface area (Å²) in [4.78, 5) is 38.5. The fraction of sp³-hybridized carbons (Fsp3) is 0.588. The van der Waals surface area contributed by atoms with E-state index < -0.39 is 5.97 Å². The van der Waals surface area contributed by atoms with Gasteiger partial charge in [0.15, 0.2) is 5.78 Å². The van der Waals surface area contributed by atoms with Gasteiger partial charge in [0.1, 0.15) is 5.69 Å². The number of nitrogens with one attached hydrogen (secondary N) is 1. The van der Waals surface area contributed by atoms with Gasteiger partial charge >= 0.3 is 12.0 Å². The van der Waals surface area contributed by atoms with Gasteiger partial charge in [0, 0.05) is 30.9 Å². The summed E-state index contributed by atoms with van der Waals surface area (Å²) in [7, 11) is 3.04. The third-order valence-electron chi connectivity index (χ3n) is 4.48. The first-order valence-corrected chi connectivity index (χ1v) is 8.15. The SMILES string of the molecule is CCNC(=O)N(CC(=O)c1c(C)c(C(=O)OC)n(C)c1C)C1CC1. The van der Waals surface area contributed by atoms with Crippen LogP contribution in [0.5, 0.6) is 0 Å². The molecule has 7 nitrogen and oxygen atoms in total. The Hall–Kier alpha value is -2.31. The minimum atomic E-state index is -0.472. The maximum atomic E-state index is 12.8. The zero-order valence-electron chi connectivity index (χ0n) is 14.9. The molecule has 1 aliphatic carbocycles. The predicted octanol–water partition coefficient (Wildman–Crippen LogP) is 1.81. The second-order valence-corrected chi connectivity index (χ2v) is 6.10. The smallest absolute Gasteiger partial charge is 0.354 e. The highest BCUT2D eigenvalue weighted by atomic mass is 16.5. The van der Waals surface area contributed by atoms with Crippen molar-refractivity contribution in [1.29, 1.82) is 0 Å². The van der Waals surface area contributed by atoms with Crippen molar-refractivity contribution >= 4 is 17.8 Å². The van der Waals surface area contributed by atoms with Crippen molar-refractivity contribution in [1.82, 2.24) is 14.8 Å². The van der Waals surface area contributed by atoms with E-state index in [0.29, 0.717) is 29.1 Å². The average Bonchev–Trinajstić information content (AvgIpc) is 3.34. The fourth-order valence-electron chi connectivity index (χ4n) is 3.01. The Morgan fingerprint density at radius 1 is 1.29 bits per heavy atom. The summed E-state index contributed by atoms with van der Waals surface area (Å²) < 4.78 is 6.47. The second kappa shape index (κ2) is 7.07. The number of urea groups is 1. The molecule has 1 fully saturated rings. The molecule has 0 aliphatic heterocycles. The van der Waals surface area contributed by atoms with Gasteiger partial charge in [0.25, 0.3) is 0 Å². The molecule has 2 amide bonds. The van der Waals surface area contributed by atoms with Gasteiger partial charge in [-0.05, 0) is 39.2 Å². The number of methoxy groups -OCH3 is 1. The normalized spacial score (nSPS) is 13.5. The van der Waals surface area contributed by atoms with Crippen LogP contribution in [0.1, 0.15) is 51.9 Å². The van der Waals surface area contributed by atoms with E-state index in [1.54, 1.807) is 30.4 Å². The number of carbonyl (C=O) groups is 3. The Morgan fingerprint density at radius 2 is 1.92 bits per heavy atom. The van der Waals surface area contributed by atoms with E-state index in [4.69, 9.17) is 4.74 Å². The molecular weight excluding hydrogens is 310 g/mol. The van der Waals surface area contributed by atoms with E-state index in [0.717, 1.165) is 12.8 Å². The van der Waals surface area contributed by atoms with Crippen LogP contribution in [0, 0.1) is 13.8 Å². The van der Waals surface area contributed by atoms with Crippen LogP contribution in [0.4, 0.5) is 4.79 Å². The largest absolute Gasteiger partial charge is 0.464 e. The third kappa shape index (κ3) is 3.29. The molecule has 0 spiro atoms. The summed E-state index contributed by atoms with van der Waals surface area (Å²) in [6.45, 7) is 5.91. The molecule has 0 aromatic carbocycles. The summed E-state index contributed by atoms with van der Waals surface area (Å²) in [6, 6.07) is -0.0855. The lowest BCUT2D eigenvalue weighted by atomic mass is 10.1. The van der Waals surface area contributed by atoms with Crippen molar-refractivity contribution in [2.24, 2.45) is 7.05 Å². The number of esters is 1. The molecule has 24 heavy (non-hydrogen) atoms. The monoisotopic (exact) mass is 335 g/mol. The zero-order chi connectivity index (χ0) is 18.0. The molecule has 0 radical (unpaired) electrons. The standard InChI is InChI=1S/C17H25N3O4/c1-6-18-17(23)20(12-7-8-12)9-13(21)14-10(2)15(16(22)24-5)19(4)11(14)3/h12H,6-9H2,1-5H3,(H,18,23). The van der Waals surface area contributed by atoms with Crippen molar-refractivity contribution in [3.8, 4) is 0 Å². The molecule has 132 valence electrons. The van der Waals surface area contributed by atoms with Gasteiger partial charge in [0.05, 0.1) is 13.7 Å². The van der Waals surface area contributed by atoms with Gasteiger partial charge in [-0.2, -0.15) is 0 Å².